The molecule has 0 unspecified atom stereocenters. The van der Waals surface area contributed by atoms with Gasteiger partial charge in [0, 0.05) is 5.56 Å². The summed E-state index contributed by atoms with van der Waals surface area (Å²) in [5, 5.41) is 0. The first kappa shape index (κ1) is 15.3. The lowest BCUT2D eigenvalue weighted by molar-refractivity contribution is -0.686. The summed E-state index contributed by atoms with van der Waals surface area (Å²) >= 11 is 0. The van der Waals surface area contributed by atoms with Crippen LogP contribution in [0, 0.1) is 0 Å². The Balaban J connectivity index is 1.75. The fourth-order valence-corrected chi connectivity index (χ4v) is 2.78. The second-order valence-electron chi connectivity index (χ2n) is 5.69. The maximum absolute atomic E-state index is 12.3. The zero-order valence-corrected chi connectivity index (χ0v) is 12.9. The molecular weight excluding hydrogens is 292 g/mol. The minimum Gasteiger partial charge on any atom is -0.454 e. The van der Waals surface area contributed by atoms with Gasteiger partial charge in [0.15, 0.2) is 6.20 Å². The van der Waals surface area contributed by atoms with Crippen molar-refractivity contribution in [3.8, 4) is 0 Å². The molecule has 0 N–H and O–H groups in total. The van der Waals surface area contributed by atoms with E-state index in [0.29, 0.717) is 11.3 Å². The van der Waals surface area contributed by atoms with E-state index in [1.807, 2.05) is 18.2 Å². The third-order valence-corrected chi connectivity index (χ3v) is 4.03. The van der Waals surface area contributed by atoms with Crippen molar-refractivity contribution in [2.45, 2.75) is 38.3 Å². The van der Waals surface area contributed by atoms with Crippen molar-refractivity contribution in [1.29, 1.82) is 0 Å². The van der Waals surface area contributed by atoms with Crippen LogP contribution >= 0.6 is 0 Å². The molecule has 5 nitrogen and oxygen atoms in total. The molecule has 5 heteroatoms. The van der Waals surface area contributed by atoms with E-state index in [9.17, 15) is 9.59 Å². The molecule has 0 saturated heterocycles. The SMILES string of the molecule is O=C(C[n+]1ccncc1C(=O)OC1CCCC1)c1ccccc1. The molecule has 23 heavy (non-hydrogen) atoms. The zero-order valence-electron chi connectivity index (χ0n) is 12.9. The number of rotatable bonds is 5. The molecule has 1 aliphatic carbocycles. The fraction of sp³-hybridized carbons (Fsp3) is 0.333. The Kier molecular flexibility index (Phi) is 4.76. The molecule has 118 valence electrons. The zero-order chi connectivity index (χ0) is 16.1. The molecule has 0 amide bonds. The minimum absolute atomic E-state index is 0.0130. The molecule has 0 atom stereocenters. The number of ketones is 1. The van der Waals surface area contributed by atoms with Crippen LogP contribution in [0.3, 0.4) is 0 Å². The van der Waals surface area contributed by atoms with Crippen LogP contribution in [0.5, 0.6) is 0 Å². The first-order chi connectivity index (χ1) is 11.2. The van der Waals surface area contributed by atoms with Gasteiger partial charge in [-0.25, -0.2) is 4.79 Å². The van der Waals surface area contributed by atoms with Gasteiger partial charge in [-0.1, -0.05) is 30.3 Å². The van der Waals surface area contributed by atoms with Crippen molar-refractivity contribution in [2.75, 3.05) is 0 Å². The average molecular weight is 311 g/mol. The highest BCUT2D eigenvalue weighted by atomic mass is 16.5. The van der Waals surface area contributed by atoms with Gasteiger partial charge < -0.3 is 4.74 Å². The normalized spacial score (nSPS) is 14.6. The monoisotopic (exact) mass is 311 g/mol. The second-order valence-corrected chi connectivity index (χ2v) is 5.69. The molecular formula is C18H19N2O3+. The highest BCUT2D eigenvalue weighted by Gasteiger charge is 2.27. The first-order valence-electron chi connectivity index (χ1n) is 7.87. The van der Waals surface area contributed by atoms with Gasteiger partial charge in [-0.3, -0.25) is 9.78 Å². The van der Waals surface area contributed by atoms with Crippen molar-refractivity contribution >= 4 is 11.8 Å². The Hall–Kier alpha value is -2.56. The molecule has 1 aromatic carbocycles. The van der Waals surface area contributed by atoms with Crippen molar-refractivity contribution in [3.63, 3.8) is 0 Å². The van der Waals surface area contributed by atoms with E-state index in [1.54, 1.807) is 29.1 Å². The topological polar surface area (TPSA) is 60.1 Å². The van der Waals surface area contributed by atoms with E-state index in [1.165, 1.54) is 6.20 Å². The van der Waals surface area contributed by atoms with Gasteiger partial charge in [0.2, 0.25) is 12.3 Å². The van der Waals surface area contributed by atoms with E-state index < -0.39 is 5.97 Å². The number of ether oxygens (including phenoxy) is 1. The van der Waals surface area contributed by atoms with Crippen LogP contribution in [0.15, 0.2) is 48.9 Å². The number of Topliss-reactive ketones (excluding diaryl/α,β-unsaturated/α-hetero) is 1. The number of esters is 1. The summed E-state index contributed by atoms with van der Waals surface area (Å²) in [6, 6.07) is 9.03. The lowest BCUT2D eigenvalue weighted by Gasteiger charge is -2.10. The Labute approximate surface area is 134 Å². The Morgan fingerprint density at radius 1 is 1.17 bits per heavy atom. The quantitative estimate of drug-likeness (QED) is 0.483. The molecule has 1 fully saturated rings. The molecule has 1 aliphatic rings. The molecule has 1 saturated carbocycles. The molecule has 1 aromatic heterocycles. The molecule has 0 aliphatic heterocycles. The van der Waals surface area contributed by atoms with E-state index in [-0.39, 0.29) is 18.4 Å². The van der Waals surface area contributed by atoms with Gasteiger partial charge in [0.25, 0.3) is 0 Å². The number of benzene rings is 1. The van der Waals surface area contributed by atoms with Gasteiger partial charge >= 0.3 is 11.7 Å². The number of hydrogen-bond donors (Lipinski definition) is 0. The highest BCUT2D eigenvalue weighted by Crippen LogP contribution is 2.21. The van der Waals surface area contributed by atoms with Gasteiger partial charge in [0.05, 0.1) is 6.20 Å². The van der Waals surface area contributed by atoms with E-state index in [2.05, 4.69) is 4.98 Å². The minimum atomic E-state index is -0.411. The Morgan fingerprint density at radius 2 is 1.91 bits per heavy atom. The lowest BCUT2D eigenvalue weighted by Crippen LogP contribution is -2.44. The standard InChI is InChI=1S/C18H19N2O3/c21-17(14-6-2-1-3-7-14)13-20-11-10-19-12-16(20)18(22)23-15-8-4-5-9-15/h1-3,6-7,10-12,15H,4-5,8-9,13H2/q+1. The van der Waals surface area contributed by atoms with Crippen molar-refractivity contribution in [3.05, 3.63) is 60.2 Å². The predicted molar refractivity (Wildman–Crippen MR) is 82.9 cm³/mol. The summed E-state index contributed by atoms with van der Waals surface area (Å²) in [5.41, 5.74) is 0.926. The van der Waals surface area contributed by atoms with E-state index in [0.717, 1.165) is 25.7 Å². The van der Waals surface area contributed by atoms with Gasteiger partial charge in [-0.05, 0) is 25.7 Å². The maximum atomic E-state index is 12.3. The van der Waals surface area contributed by atoms with Crippen LogP contribution in [-0.4, -0.2) is 22.8 Å². The van der Waals surface area contributed by atoms with Crippen molar-refractivity contribution in [2.24, 2.45) is 0 Å². The van der Waals surface area contributed by atoms with Crippen LogP contribution in [0.25, 0.3) is 0 Å². The molecule has 0 spiro atoms. The number of hydrogen-bond acceptors (Lipinski definition) is 4. The van der Waals surface area contributed by atoms with E-state index in [4.69, 9.17) is 4.74 Å². The molecule has 1 heterocycles. The van der Waals surface area contributed by atoms with Gasteiger partial charge in [0.1, 0.15) is 12.3 Å². The van der Waals surface area contributed by atoms with Crippen LogP contribution in [-0.2, 0) is 11.3 Å². The highest BCUT2D eigenvalue weighted by molar-refractivity contribution is 5.95. The molecule has 0 bridgehead atoms. The Bertz CT molecular complexity index is 694. The summed E-state index contributed by atoms with van der Waals surface area (Å²) in [6.45, 7) is 0.0850. The molecule has 2 aromatic rings. The third-order valence-electron chi connectivity index (χ3n) is 4.03. The summed E-state index contributed by atoms with van der Waals surface area (Å²) in [7, 11) is 0. The van der Waals surface area contributed by atoms with Crippen molar-refractivity contribution in [1.82, 2.24) is 4.98 Å². The van der Waals surface area contributed by atoms with Crippen LogP contribution in [0.1, 0.15) is 46.5 Å². The van der Waals surface area contributed by atoms with Gasteiger partial charge in [-0.2, -0.15) is 4.57 Å². The Morgan fingerprint density at radius 3 is 2.65 bits per heavy atom. The lowest BCUT2D eigenvalue weighted by atomic mass is 10.1. The first-order valence-corrected chi connectivity index (χ1v) is 7.87. The second kappa shape index (κ2) is 7.13. The number of aromatic nitrogens is 2. The summed E-state index contributed by atoms with van der Waals surface area (Å²) in [5.74, 6) is -0.470. The molecule has 0 radical (unpaired) electrons. The fourth-order valence-electron chi connectivity index (χ4n) is 2.78. The van der Waals surface area contributed by atoms with Crippen LogP contribution in [0.4, 0.5) is 0 Å². The van der Waals surface area contributed by atoms with Crippen molar-refractivity contribution < 1.29 is 18.9 Å². The third kappa shape index (κ3) is 3.80. The van der Waals surface area contributed by atoms with Crippen LogP contribution < -0.4 is 4.57 Å². The van der Waals surface area contributed by atoms with Crippen LogP contribution in [0.2, 0.25) is 0 Å². The average Bonchev–Trinajstić information content (AvgIpc) is 3.09. The smallest absolute Gasteiger partial charge is 0.405 e. The summed E-state index contributed by atoms with van der Waals surface area (Å²) < 4.78 is 7.11. The van der Waals surface area contributed by atoms with Gasteiger partial charge in [-0.15, -0.1) is 0 Å². The van der Waals surface area contributed by atoms with E-state index >= 15 is 0 Å². The number of carbonyl (C=O) groups excluding carboxylic acids is 2. The molecule has 3 rings (SSSR count). The maximum Gasteiger partial charge on any atom is 0.405 e. The summed E-state index contributed by atoms with van der Waals surface area (Å²) in [6.07, 6.45) is 8.64. The predicted octanol–water partition coefficient (Wildman–Crippen LogP) is 2.35. The largest absolute Gasteiger partial charge is 0.454 e. The number of nitrogens with zero attached hydrogens (tertiary/aromatic N) is 2. The number of carbonyl (C=O) groups is 2. The summed E-state index contributed by atoms with van der Waals surface area (Å²) in [4.78, 5) is 28.7.